The lowest BCUT2D eigenvalue weighted by atomic mass is 9.71. The molecule has 1 aromatic rings. The van der Waals surface area contributed by atoms with E-state index >= 15 is 0 Å². The molecule has 2 heterocycles. The van der Waals surface area contributed by atoms with Crippen LogP contribution in [-0.4, -0.2) is 33.9 Å². The Bertz CT molecular complexity index is 460. The van der Waals surface area contributed by atoms with Crippen molar-refractivity contribution < 1.29 is 10.2 Å². The zero-order valence-electron chi connectivity index (χ0n) is 12.1. The molecule has 2 N–H and O–H groups in total. The van der Waals surface area contributed by atoms with Crippen LogP contribution in [0, 0.1) is 5.92 Å². The van der Waals surface area contributed by atoms with Crippen molar-refractivity contribution in [3.8, 4) is 0 Å². The van der Waals surface area contributed by atoms with Gasteiger partial charge < -0.3 is 15.1 Å². The number of rotatable bonds is 2. The molecule has 1 aliphatic carbocycles. The minimum absolute atomic E-state index is 0.390. The largest absolute Gasteiger partial charge is 0.389 e. The summed E-state index contributed by atoms with van der Waals surface area (Å²) in [5.41, 5.74) is 1.38. The monoisotopic (exact) mass is 276 g/mol. The van der Waals surface area contributed by atoms with E-state index in [1.807, 2.05) is 18.3 Å². The number of hydrogen-bond acceptors (Lipinski definition) is 4. The minimum atomic E-state index is -0.520. The van der Waals surface area contributed by atoms with Gasteiger partial charge in [-0.15, -0.1) is 0 Å². The van der Waals surface area contributed by atoms with E-state index in [0.29, 0.717) is 11.6 Å². The van der Waals surface area contributed by atoms with Gasteiger partial charge in [0.15, 0.2) is 0 Å². The van der Waals surface area contributed by atoms with Crippen molar-refractivity contribution in [1.29, 1.82) is 0 Å². The van der Waals surface area contributed by atoms with Gasteiger partial charge in [-0.1, -0.05) is 12.8 Å². The van der Waals surface area contributed by atoms with Crippen molar-refractivity contribution in [3.63, 3.8) is 0 Å². The normalized spacial score (nSPS) is 31.8. The molecular formula is C16H24N2O2. The molecule has 3 rings (SSSR count). The molecule has 4 nitrogen and oxygen atoms in total. The van der Waals surface area contributed by atoms with Gasteiger partial charge in [0.2, 0.25) is 0 Å². The average Bonchev–Trinajstić information content (AvgIpc) is 2.46. The van der Waals surface area contributed by atoms with Gasteiger partial charge in [0, 0.05) is 19.0 Å². The van der Waals surface area contributed by atoms with Crippen molar-refractivity contribution >= 4 is 5.69 Å². The highest BCUT2D eigenvalue weighted by atomic mass is 16.3. The molecule has 110 valence electrons. The summed E-state index contributed by atoms with van der Waals surface area (Å²) in [5, 5.41) is 20.2. The summed E-state index contributed by atoms with van der Waals surface area (Å²) in [6, 6.07) is 3.92. The van der Waals surface area contributed by atoms with Gasteiger partial charge in [0.1, 0.15) is 0 Å². The van der Waals surface area contributed by atoms with Crippen LogP contribution >= 0.6 is 0 Å². The van der Waals surface area contributed by atoms with Crippen LogP contribution in [0.15, 0.2) is 18.3 Å². The number of anilines is 1. The van der Waals surface area contributed by atoms with Gasteiger partial charge in [-0.25, -0.2) is 0 Å². The number of hydrogen-bond donors (Lipinski definition) is 2. The fraction of sp³-hybridized carbons (Fsp3) is 0.688. The van der Waals surface area contributed by atoms with E-state index < -0.39 is 11.7 Å². The molecule has 0 spiro atoms. The second-order valence-electron chi connectivity index (χ2n) is 6.36. The maximum Gasteiger partial charge on any atom is 0.0931 e. The first-order valence-corrected chi connectivity index (χ1v) is 7.70. The van der Waals surface area contributed by atoms with Gasteiger partial charge >= 0.3 is 0 Å². The first-order chi connectivity index (χ1) is 9.58. The number of nitrogens with zero attached hydrogens (tertiary/aromatic N) is 2. The fourth-order valence-corrected chi connectivity index (χ4v) is 3.64. The quantitative estimate of drug-likeness (QED) is 0.870. The molecule has 0 aromatic carbocycles. The number of aliphatic hydroxyl groups excluding tert-OH is 1. The van der Waals surface area contributed by atoms with Crippen LogP contribution in [0.4, 0.5) is 5.69 Å². The molecule has 3 atom stereocenters. The molecule has 1 saturated carbocycles. The van der Waals surface area contributed by atoms with E-state index in [2.05, 4.69) is 9.88 Å². The second-order valence-corrected chi connectivity index (χ2v) is 6.36. The van der Waals surface area contributed by atoms with Crippen LogP contribution in [0.3, 0.4) is 0 Å². The minimum Gasteiger partial charge on any atom is -0.389 e. The van der Waals surface area contributed by atoms with E-state index in [1.54, 1.807) is 6.92 Å². The predicted molar refractivity (Wildman–Crippen MR) is 78.6 cm³/mol. The lowest BCUT2D eigenvalue weighted by molar-refractivity contribution is -0.0612. The first-order valence-electron chi connectivity index (χ1n) is 7.70. The Morgan fingerprint density at radius 2 is 2.20 bits per heavy atom. The summed E-state index contributed by atoms with van der Waals surface area (Å²) in [6.07, 6.45) is 6.67. The van der Waals surface area contributed by atoms with E-state index in [4.69, 9.17) is 0 Å². The van der Waals surface area contributed by atoms with Crippen molar-refractivity contribution in [2.75, 3.05) is 18.0 Å². The van der Waals surface area contributed by atoms with E-state index in [1.165, 1.54) is 6.42 Å². The predicted octanol–water partition coefficient (Wildman–Crippen LogP) is 2.27. The van der Waals surface area contributed by atoms with E-state index in [0.717, 1.165) is 44.5 Å². The van der Waals surface area contributed by atoms with Crippen molar-refractivity contribution in [3.05, 3.63) is 24.0 Å². The number of piperidine rings is 1. The van der Waals surface area contributed by atoms with Crippen LogP contribution in [-0.2, 0) is 0 Å². The lowest BCUT2D eigenvalue weighted by Crippen LogP contribution is -2.53. The third-order valence-corrected chi connectivity index (χ3v) is 4.99. The molecule has 4 heteroatoms. The second kappa shape index (κ2) is 5.34. The van der Waals surface area contributed by atoms with Crippen LogP contribution in [0.25, 0.3) is 0 Å². The smallest absolute Gasteiger partial charge is 0.0931 e. The fourth-order valence-electron chi connectivity index (χ4n) is 3.64. The molecule has 0 radical (unpaired) electrons. The number of pyridine rings is 1. The van der Waals surface area contributed by atoms with Gasteiger partial charge in [-0.3, -0.25) is 4.98 Å². The maximum atomic E-state index is 10.7. The molecular weight excluding hydrogens is 252 g/mol. The van der Waals surface area contributed by atoms with Gasteiger partial charge in [0.25, 0.3) is 0 Å². The Kier molecular flexibility index (Phi) is 3.69. The number of fused-ring (bicyclic) bond motifs is 1. The summed E-state index contributed by atoms with van der Waals surface area (Å²) in [6.45, 7) is 3.54. The van der Waals surface area contributed by atoms with Crippen molar-refractivity contribution in [2.45, 2.75) is 50.7 Å². The van der Waals surface area contributed by atoms with Crippen LogP contribution < -0.4 is 4.90 Å². The van der Waals surface area contributed by atoms with E-state index in [9.17, 15) is 10.2 Å². The number of aromatic nitrogens is 1. The molecule has 0 amide bonds. The van der Waals surface area contributed by atoms with Gasteiger partial charge in [-0.2, -0.15) is 0 Å². The molecule has 20 heavy (non-hydrogen) atoms. The highest BCUT2D eigenvalue weighted by molar-refractivity contribution is 5.45. The molecule has 2 aliphatic rings. The Morgan fingerprint density at radius 1 is 1.35 bits per heavy atom. The molecule has 2 fully saturated rings. The Labute approximate surface area is 120 Å². The molecule has 1 aromatic heterocycles. The number of aliphatic hydroxyl groups is 2. The first kappa shape index (κ1) is 13.8. The zero-order chi connectivity index (χ0) is 14.2. The molecule has 1 aliphatic heterocycles. The standard InChI is InChI=1S/C16H24N2O2/c1-12(19)15-6-5-14(10-17-15)18-9-8-16(20)7-3-2-4-13(16)11-18/h5-6,10,12-13,19-20H,2-4,7-9,11H2,1H3/t12-,13?,16?/m0/s1. The Balaban J connectivity index is 1.72. The Morgan fingerprint density at radius 3 is 2.90 bits per heavy atom. The zero-order valence-corrected chi connectivity index (χ0v) is 12.1. The van der Waals surface area contributed by atoms with Crippen molar-refractivity contribution in [2.24, 2.45) is 5.92 Å². The molecule has 0 bridgehead atoms. The summed E-state index contributed by atoms with van der Waals surface area (Å²) in [7, 11) is 0. The SMILES string of the molecule is C[C@H](O)c1ccc(N2CCC3(O)CCCCC3C2)cn1. The molecule has 1 saturated heterocycles. The summed E-state index contributed by atoms with van der Waals surface area (Å²) in [5.74, 6) is 0.390. The summed E-state index contributed by atoms with van der Waals surface area (Å²) >= 11 is 0. The van der Waals surface area contributed by atoms with E-state index in [-0.39, 0.29) is 0 Å². The van der Waals surface area contributed by atoms with Crippen molar-refractivity contribution in [1.82, 2.24) is 4.98 Å². The maximum absolute atomic E-state index is 10.7. The highest BCUT2D eigenvalue weighted by Crippen LogP contribution is 2.40. The van der Waals surface area contributed by atoms with Crippen LogP contribution in [0.2, 0.25) is 0 Å². The van der Waals surface area contributed by atoms with Crippen LogP contribution in [0.5, 0.6) is 0 Å². The Hall–Kier alpha value is -1.13. The van der Waals surface area contributed by atoms with Crippen LogP contribution in [0.1, 0.15) is 50.8 Å². The summed E-state index contributed by atoms with van der Waals surface area (Å²) < 4.78 is 0. The summed E-state index contributed by atoms with van der Waals surface area (Å²) in [4.78, 5) is 6.64. The lowest BCUT2D eigenvalue weighted by Gasteiger charge is -2.48. The third kappa shape index (κ3) is 2.54. The topological polar surface area (TPSA) is 56.6 Å². The molecule has 2 unspecified atom stereocenters. The van der Waals surface area contributed by atoms with Gasteiger partial charge in [-0.05, 0) is 38.3 Å². The average molecular weight is 276 g/mol. The van der Waals surface area contributed by atoms with Gasteiger partial charge in [0.05, 0.1) is 29.3 Å². The highest BCUT2D eigenvalue weighted by Gasteiger charge is 2.42. The third-order valence-electron chi connectivity index (χ3n) is 4.99.